The van der Waals surface area contributed by atoms with Crippen molar-refractivity contribution >= 4 is 47.1 Å². The maximum atomic E-state index is 5.54. The third kappa shape index (κ3) is 8.31. The van der Waals surface area contributed by atoms with Crippen LogP contribution in [0.15, 0.2) is 34.5 Å². The number of ether oxygens (including phenoxy) is 2. The summed E-state index contributed by atoms with van der Waals surface area (Å²) in [7, 11) is 0. The molecule has 0 aliphatic carbocycles. The molecule has 0 aromatic heterocycles. The van der Waals surface area contributed by atoms with E-state index >= 15 is 0 Å². The minimum atomic E-state index is 0.240. The summed E-state index contributed by atoms with van der Waals surface area (Å²) in [4.78, 5) is 0. The van der Waals surface area contributed by atoms with Crippen LogP contribution >= 0.6 is 24.4 Å². The van der Waals surface area contributed by atoms with Crippen molar-refractivity contribution in [3.05, 3.63) is 35.4 Å². The van der Waals surface area contributed by atoms with Gasteiger partial charge in [0.15, 0.2) is 10.2 Å². The van der Waals surface area contributed by atoms with Gasteiger partial charge in [-0.1, -0.05) is 24.3 Å². The summed E-state index contributed by atoms with van der Waals surface area (Å²) in [5.41, 5.74) is 7.53. The standard InChI is InChI=1S/C20H28N6O2S2/c29-19(21-13-17-3-1-9-27-17)25-23-11-15-5-7-16(8-6-15)12-24-26-20(30)22-14-18-4-2-10-28-18/h5-8,11-12,17-18H,1-4,9-10,13-14H2,(H2,21,25,29)(H2,22,26,30)/b23-11-,24-12-/t17-,18+. The lowest BCUT2D eigenvalue weighted by atomic mass is 10.2. The SMILES string of the molecule is S=C(NC[C@H]1CCCO1)N/N=C\c1ccc(/C=N\NC(=S)NC[C@@H]2CCCO2)cc1. The summed E-state index contributed by atoms with van der Waals surface area (Å²) < 4.78 is 11.1. The second-order valence-corrected chi connectivity index (χ2v) is 7.91. The highest BCUT2D eigenvalue weighted by Gasteiger charge is 2.15. The Morgan fingerprint density at radius 2 is 1.27 bits per heavy atom. The first-order chi connectivity index (χ1) is 14.7. The number of hydrogen-bond acceptors (Lipinski definition) is 6. The monoisotopic (exact) mass is 448 g/mol. The van der Waals surface area contributed by atoms with Crippen LogP contribution in [0.4, 0.5) is 0 Å². The van der Waals surface area contributed by atoms with Crippen LogP contribution < -0.4 is 21.5 Å². The van der Waals surface area contributed by atoms with E-state index in [1.807, 2.05) is 24.3 Å². The van der Waals surface area contributed by atoms with Crippen LogP contribution in [0.3, 0.4) is 0 Å². The van der Waals surface area contributed by atoms with E-state index in [2.05, 4.69) is 31.7 Å². The Morgan fingerprint density at radius 3 is 1.63 bits per heavy atom. The summed E-state index contributed by atoms with van der Waals surface area (Å²) >= 11 is 10.4. The van der Waals surface area contributed by atoms with Gasteiger partial charge in [0.1, 0.15) is 0 Å². The number of hydrazone groups is 2. The maximum Gasteiger partial charge on any atom is 0.187 e. The second kappa shape index (κ2) is 12.5. The van der Waals surface area contributed by atoms with Crippen LogP contribution in [0, 0.1) is 0 Å². The lowest BCUT2D eigenvalue weighted by molar-refractivity contribution is 0.114. The average Bonchev–Trinajstić information content (AvgIpc) is 3.46. The third-order valence-electron chi connectivity index (χ3n) is 4.72. The van der Waals surface area contributed by atoms with Crippen LogP contribution in [0.2, 0.25) is 0 Å². The lowest BCUT2D eigenvalue weighted by Crippen LogP contribution is -2.37. The topological polar surface area (TPSA) is 91.3 Å². The van der Waals surface area contributed by atoms with E-state index < -0.39 is 0 Å². The zero-order valence-corrected chi connectivity index (χ0v) is 18.4. The van der Waals surface area contributed by atoms with Gasteiger partial charge in [0.2, 0.25) is 0 Å². The average molecular weight is 449 g/mol. The van der Waals surface area contributed by atoms with E-state index in [0.717, 1.165) is 50.0 Å². The van der Waals surface area contributed by atoms with Crippen molar-refractivity contribution in [2.75, 3.05) is 26.3 Å². The summed E-state index contributed by atoms with van der Waals surface area (Å²) in [5.74, 6) is 0. The molecule has 0 radical (unpaired) electrons. The highest BCUT2D eigenvalue weighted by Crippen LogP contribution is 2.11. The minimum absolute atomic E-state index is 0.240. The number of thiocarbonyl (C=S) groups is 2. The molecule has 0 unspecified atom stereocenters. The van der Waals surface area contributed by atoms with Gasteiger partial charge in [0, 0.05) is 26.3 Å². The number of nitrogens with one attached hydrogen (secondary N) is 4. The zero-order chi connectivity index (χ0) is 21.0. The number of benzene rings is 1. The van der Waals surface area contributed by atoms with Gasteiger partial charge in [-0.15, -0.1) is 0 Å². The van der Waals surface area contributed by atoms with Gasteiger partial charge in [-0.25, -0.2) is 0 Å². The van der Waals surface area contributed by atoms with Gasteiger partial charge in [-0.2, -0.15) is 10.2 Å². The minimum Gasteiger partial charge on any atom is -0.376 e. The third-order valence-corrected chi connectivity index (χ3v) is 5.20. The summed E-state index contributed by atoms with van der Waals surface area (Å²) in [5, 5.41) is 15.5. The van der Waals surface area contributed by atoms with Crippen molar-refractivity contribution in [3.8, 4) is 0 Å². The van der Waals surface area contributed by atoms with E-state index in [1.54, 1.807) is 12.4 Å². The Bertz CT molecular complexity index is 681. The van der Waals surface area contributed by atoms with E-state index in [-0.39, 0.29) is 12.2 Å². The number of hydrogen-bond donors (Lipinski definition) is 4. The van der Waals surface area contributed by atoms with Crippen molar-refractivity contribution < 1.29 is 9.47 Å². The van der Waals surface area contributed by atoms with E-state index in [4.69, 9.17) is 33.9 Å². The van der Waals surface area contributed by atoms with Crippen LogP contribution in [-0.4, -0.2) is 61.2 Å². The predicted octanol–water partition coefficient (Wildman–Crippen LogP) is 1.64. The van der Waals surface area contributed by atoms with Crippen LogP contribution in [0.5, 0.6) is 0 Å². The van der Waals surface area contributed by atoms with Crippen molar-refractivity contribution in [2.24, 2.45) is 10.2 Å². The Hall–Kier alpha value is -2.14. The summed E-state index contributed by atoms with van der Waals surface area (Å²) in [6.07, 6.45) is 8.27. The molecule has 0 amide bonds. The number of rotatable bonds is 8. The first-order valence-corrected chi connectivity index (χ1v) is 11.0. The highest BCUT2D eigenvalue weighted by molar-refractivity contribution is 7.80. The molecule has 2 saturated heterocycles. The molecule has 30 heavy (non-hydrogen) atoms. The molecule has 2 fully saturated rings. The molecule has 2 heterocycles. The maximum absolute atomic E-state index is 5.54. The van der Waals surface area contributed by atoms with Gasteiger partial charge in [-0.3, -0.25) is 10.9 Å². The highest BCUT2D eigenvalue weighted by atomic mass is 32.1. The van der Waals surface area contributed by atoms with E-state index in [1.165, 1.54) is 0 Å². The largest absolute Gasteiger partial charge is 0.376 e. The van der Waals surface area contributed by atoms with Gasteiger partial charge < -0.3 is 20.1 Å². The molecule has 4 N–H and O–H groups in total. The molecule has 10 heteroatoms. The molecule has 0 saturated carbocycles. The predicted molar refractivity (Wildman–Crippen MR) is 127 cm³/mol. The van der Waals surface area contributed by atoms with Crippen LogP contribution in [0.1, 0.15) is 36.8 Å². The summed E-state index contributed by atoms with van der Waals surface area (Å²) in [6, 6.07) is 7.79. The molecule has 1 aromatic rings. The fraction of sp³-hybridized carbons (Fsp3) is 0.500. The molecular weight excluding hydrogens is 420 g/mol. The van der Waals surface area contributed by atoms with Crippen molar-refractivity contribution in [1.82, 2.24) is 21.5 Å². The van der Waals surface area contributed by atoms with Crippen molar-refractivity contribution in [2.45, 2.75) is 37.9 Å². The van der Waals surface area contributed by atoms with Crippen LogP contribution in [-0.2, 0) is 9.47 Å². The molecule has 2 aliphatic heterocycles. The quantitative estimate of drug-likeness (QED) is 0.271. The lowest BCUT2D eigenvalue weighted by Gasteiger charge is -2.11. The first-order valence-electron chi connectivity index (χ1n) is 10.2. The Labute approximate surface area is 187 Å². The Morgan fingerprint density at radius 1 is 0.833 bits per heavy atom. The normalized spacial score (nSPS) is 21.2. The molecule has 0 spiro atoms. The second-order valence-electron chi connectivity index (χ2n) is 7.10. The molecule has 2 aliphatic rings. The van der Waals surface area contributed by atoms with E-state index in [0.29, 0.717) is 23.3 Å². The van der Waals surface area contributed by atoms with Crippen LogP contribution in [0.25, 0.3) is 0 Å². The molecule has 162 valence electrons. The number of nitrogens with zero attached hydrogens (tertiary/aromatic N) is 2. The van der Waals surface area contributed by atoms with Gasteiger partial charge in [0.05, 0.1) is 24.6 Å². The smallest absolute Gasteiger partial charge is 0.187 e. The molecular formula is C20H28N6O2S2. The first kappa shape index (κ1) is 22.5. The van der Waals surface area contributed by atoms with Crippen molar-refractivity contribution in [1.29, 1.82) is 0 Å². The van der Waals surface area contributed by atoms with Gasteiger partial charge >= 0.3 is 0 Å². The Kier molecular flexibility index (Phi) is 9.42. The molecule has 8 nitrogen and oxygen atoms in total. The summed E-state index contributed by atoms with van der Waals surface area (Å²) in [6.45, 7) is 3.08. The molecule has 0 bridgehead atoms. The van der Waals surface area contributed by atoms with Gasteiger partial charge in [0.25, 0.3) is 0 Å². The molecule has 2 atom stereocenters. The van der Waals surface area contributed by atoms with Gasteiger partial charge in [-0.05, 0) is 61.2 Å². The molecule has 3 rings (SSSR count). The van der Waals surface area contributed by atoms with E-state index in [9.17, 15) is 0 Å². The molecule has 1 aromatic carbocycles. The zero-order valence-electron chi connectivity index (χ0n) is 16.8. The van der Waals surface area contributed by atoms with Crippen molar-refractivity contribution in [3.63, 3.8) is 0 Å². The fourth-order valence-electron chi connectivity index (χ4n) is 3.10. The fourth-order valence-corrected chi connectivity index (χ4v) is 3.37. The Balaban J connectivity index is 1.32.